The summed E-state index contributed by atoms with van der Waals surface area (Å²) in [6.45, 7) is 1.97. The van der Waals surface area contributed by atoms with Gasteiger partial charge in [0.15, 0.2) is 5.65 Å². The monoisotopic (exact) mass is 487 g/mol. The third kappa shape index (κ3) is 3.44. The van der Waals surface area contributed by atoms with Gasteiger partial charge in [-0.3, -0.25) is 14.0 Å². The number of nitrogens with zero attached hydrogens (tertiary/aromatic N) is 8. The summed E-state index contributed by atoms with van der Waals surface area (Å²) in [4.78, 5) is 26.7. The summed E-state index contributed by atoms with van der Waals surface area (Å²) in [5.74, 6) is 0.786. The van der Waals surface area contributed by atoms with Crippen molar-refractivity contribution in [2.75, 3.05) is 18.9 Å². The molecule has 11 nitrogen and oxygen atoms in total. The first-order chi connectivity index (χ1) is 17.5. The second kappa shape index (κ2) is 7.92. The summed E-state index contributed by atoms with van der Waals surface area (Å²) in [6.07, 6.45) is 7.16. The number of nitrogen functional groups attached to an aromatic ring is 1. The third-order valence-corrected chi connectivity index (χ3v) is 6.85. The highest BCUT2D eigenvalue weighted by Gasteiger charge is 2.26. The molecule has 1 aliphatic heterocycles. The minimum atomic E-state index is -0.462. The highest BCUT2D eigenvalue weighted by Crippen LogP contribution is 2.32. The molecule has 7 rings (SSSR count). The molecule has 1 saturated heterocycles. The third-order valence-electron chi connectivity index (χ3n) is 6.85. The summed E-state index contributed by atoms with van der Waals surface area (Å²) < 4.78 is 24.4. The van der Waals surface area contributed by atoms with Crippen LogP contribution in [0.4, 0.5) is 10.2 Å². The van der Waals surface area contributed by atoms with E-state index in [2.05, 4.69) is 15.1 Å². The van der Waals surface area contributed by atoms with E-state index in [1.54, 1.807) is 15.4 Å². The van der Waals surface area contributed by atoms with E-state index in [4.69, 9.17) is 20.6 Å². The predicted octanol–water partition coefficient (Wildman–Crippen LogP) is 2.15. The van der Waals surface area contributed by atoms with Crippen LogP contribution in [0.3, 0.4) is 0 Å². The van der Waals surface area contributed by atoms with Crippen molar-refractivity contribution >= 4 is 27.8 Å². The Morgan fingerprint density at radius 3 is 2.83 bits per heavy atom. The van der Waals surface area contributed by atoms with E-state index in [1.807, 2.05) is 10.9 Å². The molecule has 12 heteroatoms. The van der Waals surface area contributed by atoms with Crippen LogP contribution in [-0.2, 0) is 17.8 Å². The Balaban J connectivity index is 1.36. The Bertz CT molecular complexity index is 1700. The molecule has 1 saturated carbocycles. The van der Waals surface area contributed by atoms with Gasteiger partial charge in [0.2, 0.25) is 0 Å². The van der Waals surface area contributed by atoms with Crippen LogP contribution in [-0.4, -0.2) is 52.3 Å². The number of hydrogen-bond donors (Lipinski definition) is 1. The van der Waals surface area contributed by atoms with Gasteiger partial charge in [-0.2, -0.15) is 10.2 Å². The quantitative estimate of drug-likeness (QED) is 0.385. The number of aromatic nitrogens is 8. The van der Waals surface area contributed by atoms with Crippen molar-refractivity contribution in [1.29, 1.82) is 0 Å². The summed E-state index contributed by atoms with van der Waals surface area (Å²) >= 11 is 0. The maximum atomic E-state index is 13.9. The molecule has 36 heavy (non-hydrogen) atoms. The number of rotatable bonds is 6. The molecular formula is C24H22FN9O2. The van der Waals surface area contributed by atoms with Gasteiger partial charge in [0, 0.05) is 18.3 Å². The predicted molar refractivity (Wildman–Crippen MR) is 129 cm³/mol. The minimum Gasteiger partial charge on any atom is -0.383 e. The van der Waals surface area contributed by atoms with E-state index in [-0.39, 0.29) is 23.5 Å². The van der Waals surface area contributed by atoms with E-state index in [0.717, 1.165) is 18.4 Å². The zero-order valence-corrected chi connectivity index (χ0v) is 19.2. The number of hydrogen-bond acceptors (Lipinski definition) is 8. The molecule has 2 N–H and O–H groups in total. The van der Waals surface area contributed by atoms with Gasteiger partial charge in [0.05, 0.1) is 41.7 Å². The highest BCUT2D eigenvalue weighted by molar-refractivity contribution is 5.98. The average molecular weight is 487 g/mol. The van der Waals surface area contributed by atoms with Crippen molar-refractivity contribution in [3.63, 3.8) is 0 Å². The largest absolute Gasteiger partial charge is 0.383 e. The van der Waals surface area contributed by atoms with E-state index in [0.29, 0.717) is 59.6 Å². The number of halogens is 1. The van der Waals surface area contributed by atoms with Crippen molar-refractivity contribution in [2.24, 2.45) is 5.92 Å². The standard InChI is InChI=1S/C24H22FN9O2/c25-15-3-4-18-17(5-15)24(35)32(7-13-1-2-13)19(30-18)9-34-23-20(22(26)27-12-28-23)21(31-34)14-6-29-33(8-14)16-10-36-11-16/h3-6,8,12-13,16H,1-2,7,9-11H2,(H2,26,27,28). The first-order valence-corrected chi connectivity index (χ1v) is 11.8. The molecule has 1 aliphatic carbocycles. The van der Waals surface area contributed by atoms with E-state index >= 15 is 0 Å². The second-order valence-electron chi connectivity index (χ2n) is 9.41. The molecule has 5 heterocycles. The van der Waals surface area contributed by atoms with Crippen molar-refractivity contribution in [2.45, 2.75) is 32.0 Å². The lowest BCUT2D eigenvalue weighted by atomic mass is 10.2. The number of nitrogens with two attached hydrogens (primary N) is 1. The van der Waals surface area contributed by atoms with Crippen LogP contribution in [0, 0.1) is 11.7 Å². The molecule has 0 spiro atoms. The number of benzene rings is 1. The van der Waals surface area contributed by atoms with Crippen LogP contribution in [0.25, 0.3) is 33.2 Å². The average Bonchev–Trinajstić information content (AvgIpc) is 3.40. The van der Waals surface area contributed by atoms with Crippen molar-refractivity contribution in [3.05, 3.63) is 58.9 Å². The molecule has 5 aromatic rings. The van der Waals surface area contributed by atoms with Gasteiger partial charge in [-0.25, -0.2) is 24.0 Å². The fraction of sp³-hybridized carbons (Fsp3) is 0.333. The van der Waals surface area contributed by atoms with Crippen LogP contribution in [0.1, 0.15) is 24.7 Å². The number of anilines is 1. The van der Waals surface area contributed by atoms with Gasteiger partial charge in [0.25, 0.3) is 5.56 Å². The maximum absolute atomic E-state index is 13.9. The number of fused-ring (bicyclic) bond motifs is 2. The fourth-order valence-electron chi connectivity index (χ4n) is 4.62. The Morgan fingerprint density at radius 1 is 1.19 bits per heavy atom. The Hall–Kier alpha value is -4.19. The van der Waals surface area contributed by atoms with Gasteiger partial charge < -0.3 is 10.5 Å². The molecule has 0 atom stereocenters. The van der Waals surface area contributed by atoms with E-state index < -0.39 is 5.82 Å². The normalized spacial score (nSPS) is 16.1. The molecular weight excluding hydrogens is 465 g/mol. The topological polar surface area (TPSA) is 132 Å². The summed E-state index contributed by atoms with van der Waals surface area (Å²) in [6, 6.07) is 4.29. The van der Waals surface area contributed by atoms with Gasteiger partial charge in [-0.05, 0) is 37.0 Å². The smallest absolute Gasteiger partial charge is 0.261 e. The van der Waals surface area contributed by atoms with Crippen LogP contribution in [0.2, 0.25) is 0 Å². The molecule has 0 bridgehead atoms. The zero-order chi connectivity index (χ0) is 24.4. The van der Waals surface area contributed by atoms with Crippen molar-refractivity contribution in [1.82, 2.24) is 39.1 Å². The van der Waals surface area contributed by atoms with Gasteiger partial charge in [-0.1, -0.05) is 0 Å². The molecule has 182 valence electrons. The van der Waals surface area contributed by atoms with Gasteiger partial charge in [0.1, 0.15) is 36.0 Å². The zero-order valence-electron chi connectivity index (χ0n) is 19.2. The SMILES string of the molecule is Nc1ncnc2c1c(-c1cnn(C3COC3)c1)nn2Cc1nc2ccc(F)cc2c(=O)n1CC1CC1. The van der Waals surface area contributed by atoms with Crippen molar-refractivity contribution in [3.8, 4) is 11.3 Å². The molecule has 1 aromatic carbocycles. The van der Waals surface area contributed by atoms with Crippen LogP contribution < -0.4 is 11.3 Å². The number of ether oxygens (including phenoxy) is 1. The summed E-state index contributed by atoms with van der Waals surface area (Å²) in [7, 11) is 0. The lowest BCUT2D eigenvalue weighted by Crippen LogP contribution is -2.30. The lowest BCUT2D eigenvalue weighted by Gasteiger charge is -2.25. The minimum absolute atomic E-state index is 0.187. The maximum Gasteiger partial charge on any atom is 0.261 e. The van der Waals surface area contributed by atoms with E-state index in [1.165, 1.54) is 24.5 Å². The van der Waals surface area contributed by atoms with Gasteiger partial charge >= 0.3 is 0 Å². The van der Waals surface area contributed by atoms with Crippen LogP contribution >= 0.6 is 0 Å². The first-order valence-electron chi connectivity index (χ1n) is 11.8. The van der Waals surface area contributed by atoms with Crippen LogP contribution in [0.5, 0.6) is 0 Å². The van der Waals surface area contributed by atoms with Crippen LogP contribution in [0.15, 0.2) is 41.7 Å². The van der Waals surface area contributed by atoms with E-state index in [9.17, 15) is 9.18 Å². The lowest BCUT2D eigenvalue weighted by molar-refractivity contribution is -0.0286. The fourth-order valence-corrected chi connectivity index (χ4v) is 4.62. The summed E-state index contributed by atoms with van der Waals surface area (Å²) in [5, 5.41) is 10.2. The second-order valence-corrected chi connectivity index (χ2v) is 9.41. The Kier molecular flexibility index (Phi) is 4.64. The first kappa shape index (κ1) is 21.1. The van der Waals surface area contributed by atoms with Gasteiger partial charge in [-0.15, -0.1) is 0 Å². The molecule has 2 fully saturated rings. The molecule has 0 unspecified atom stereocenters. The Labute approximate surface area is 203 Å². The Morgan fingerprint density at radius 2 is 2.06 bits per heavy atom. The molecule has 4 aromatic heterocycles. The summed E-state index contributed by atoms with van der Waals surface area (Å²) in [5.41, 5.74) is 8.37. The molecule has 0 amide bonds. The highest BCUT2D eigenvalue weighted by atomic mass is 19.1. The molecule has 2 aliphatic rings. The van der Waals surface area contributed by atoms with Crippen molar-refractivity contribution < 1.29 is 9.13 Å². The molecule has 0 radical (unpaired) electrons.